The lowest BCUT2D eigenvalue weighted by Crippen LogP contribution is -2.44. The van der Waals surface area contributed by atoms with Crippen molar-refractivity contribution in [2.24, 2.45) is 41.4 Å². The van der Waals surface area contributed by atoms with E-state index in [1.54, 1.807) is 132 Å². The molecule has 11 N–H and O–H groups in total. The summed E-state index contributed by atoms with van der Waals surface area (Å²) in [6.07, 6.45) is -1.94. The second kappa shape index (κ2) is 49.8. The van der Waals surface area contributed by atoms with Crippen LogP contribution in [0.2, 0.25) is 0 Å². The van der Waals surface area contributed by atoms with Crippen LogP contribution >= 0.6 is 0 Å². The first-order valence-electron chi connectivity index (χ1n) is 39.9. The summed E-state index contributed by atoms with van der Waals surface area (Å²) >= 11 is 0. The van der Waals surface area contributed by atoms with Crippen molar-refractivity contribution in [1.82, 2.24) is 34.7 Å². The van der Waals surface area contributed by atoms with Gasteiger partial charge in [0.15, 0.2) is 28.9 Å². The predicted octanol–water partition coefficient (Wildman–Crippen LogP) is 2.20. The van der Waals surface area contributed by atoms with Crippen molar-refractivity contribution in [3.05, 3.63) is 0 Å². The zero-order chi connectivity index (χ0) is 95.1. The summed E-state index contributed by atoms with van der Waals surface area (Å²) in [7, 11) is 4.14. The topological polar surface area (TPSA) is 614 Å². The van der Waals surface area contributed by atoms with Crippen LogP contribution in [0.15, 0.2) is 0 Å². The third-order valence-corrected chi connectivity index (χ3v) is 18.7. The minimum atomic E-state index is -1.07. The van der Waals surface area contributed by atoms with Crippen LogP contribution in [0.1, 0.15) is 170 Å². The minimum Gasteiger partial charge on any atom is -0.481 e. The van der Waals surface area contributed by atoms with Crippen LogP contribution < -0.4 is 5.32 Å². The van der Waals surface area contributed by atoms with E-state index in [0.717, 1.165) is 4.90 Å². The Morgan fingerprint density at radius 2 is 0.602 bits per heavy atom. The molecule has 43 nitrogen and oxygen atoms in total. The first kappa shape index (κ1) is 111. The molecule has 7 aliphatic rings. The molecule has 0 aliphatic carbocycles. The molecule has 0 aromatic carbocycles. The second-order valence-corrected chi connectivity index (χ2v) is 36.0. The summed E-state index contributed by atoms with van der Waals surface area (Å²) in [5, 5.41) is 101. The fourth-order valence-electron chi connectivity index (χ4n) is 13.2. The Balaban J connectivity index is 0.000000719. The largest absolute Gasteiger partial charge is 0.481 e. The van der Waals surface area contributed by atoms with E-state index in [1.165, 1.54) is 38.7 Å². The number of ketones is 5. The molecule has 0 aromatic heterocycles. The number of esters is 2. The molecule has 0 spiro atoms. The van der Waals surface area contributed by atoms with Gasteiger partial charge in [-0.05, 0) is 170 Å². The number of aliphatic hydroxyl groups is 7. The van der Waals surface area contributed by atoms with Crippen LogP contribution in [0.5, 0.6) is 0 Å². The number of ether oxygens (including phenoxy) is 9. The van der Waals surface area contributed by atoms with Gasteiger partial charge in [-0.25, -0.2) is 38.4 Å². The summed E-state index contributed by atoms with van der Waals surface area (Å²) < 4.78 is 45.3. The van der Waals surface area contributed by atoms with Gasteiger partial charge in [-0.2, -0.15) is 5.26 Å². The monoisotopic (exact) mass is 1760 g/mol. The minimum absolute atomic E-state index is 0.00791. The number of aliphatic hydroxyl groups excluding tert-OH is 7. The number of rotatable bonds is 19. The first-order valence-corrected chi connectivity index (χ1v) is 39.9. The number of carboxylic acid groups (broad SMARTS) is 3. The maximum absolute atomic E-state index is 12.1. The fourth-order valence-corrected chi connectivity index (χ4v) is 13.2. The Labute approximate surface area is 716 Å². The smallest absolute Gasteiger partial charge is 0.411 e. The van der Waals surface area contributed by atoms with E-state index >= 15 is 0 Å². The molecule has 6 amide bonds. The number of methoxy groups -OCH3 is 3. The number of nitrogens with one attached hydrogen (secondary N) is 1. The number of carbonyl (C=O) groups excluding carboxylic acids is 13. The third kappa shape index (κ3) is 38.6. The van der Waals surface area contributed by atoms with E-state index in [4.69, 9.17) is 89.5 Å². The Kier molecular flexibility index (Phi) is 45.1. The maximum Gasteiger partial charge on any atom is 0.411 e. The van der Waals surface area contributed by atoms with Gasteiger partial charge in [-0.1, -0.05) is 0 Å². The summed E-state index contributed by atoms with van der Waals surface area (Å²) in [5.41, 5.74) is -4.01. The summed E-state index contributed by atoms with van der Waals surface area (Å²) in [4.78, 5) is 192. The van der Waals surface area contributed by atoms with Gasteiger partial charge in [0.05, 0.1) is 80.8 Å². The van der Waals surface area contributed by atoms with Crippen molar-refractivity contribution in [2.75, 3.05) is 120 Å². The van der Waals surface area contributed by atoms with Crippen LogP contribution in [0.25, 0.3) is 0 Å². The normalized spacial score (nSPS) is 24.1. The molecule has 7 aliphatic heterocycles. The summed E-state index contributed by atoms with van der Waals surface area (Å²) in [6, 6.07) is -3.30. The highest BCUT2D eigenvalue weighted by molar-refractivity contribution is 5.93. The third-order valence-electron chi connectivity index (χ3n) is 18.7. The van der Waals surface area contributed by atoms with Gasteiger partial charge in [-0.3, -0.25) is 67.8 Å². The SMILES string of the molecule is CC(C)(C)OC(=O)N1C[C@@H](C#N)C[C@H]1C(=O)CO.CC(C)(C)OC(=O)N1C[C@@H](C(=O)O)C[C@H]1C(=O)CO.CC(C)(C)OC(=O)N1C[C@@H](CO)C[C@H]1C(=O)CO.CC(C)(C)OC(=O)N1C[C@@H](CO)C[C@H]1C(=O)O.COC(=O)[C@@H]1CN[C@H](C(=O)CO)C1.COC(=O)[C@H]1C[C@@H](C(=O)CO)N(C(=O)OC(C)(C)C)C1.COC[C@H]1C[C@@H](C(=O)O)N(C(=O)OC(C)(C)C)C1. The highest BCUT2D eigenvalue weighted by atomic mass is 16.6. The highest BCUT2D eigenvalue weighted by Crippen LogP contribution is 2.33. The van der Waals surface area contributed by atoms with E-state index in [0.29, 0.717) is 39.0 Å². The molecule has 7 saturated heterocycles. The zero-order valence-corrected chi connectivity index (χ0v) is 74.4. The Morgan fingerprint density at radius 1 is 0.333 bits per heavy atom. The molecule has 0 radical (unpaired) electrons. The molecule has 0 unspecified atom stereocenters. The average molecular weight is 1770 g/mol. The Morgan fingerprint density at radius 3 is 0.894 bits per heavy atom. The average Bonchev–Trinajstić information content (AvgIpc) is 1.68. The molecule has 7 rings (SSSR count). The van der Waals surface area contributed by atoms with Gasteiger partial charge >= 0.3 is 66.4 Å². The van der Waals surface area contributed by atoms with Crippen LogP contribution in [0.4, 0.5) is 28.8 Å². The molecule has 702 valence electrons. The number of amides is 6. The fraction of sp³-hybridized carbons (Fsp3) is 0.787. The van der Waals surface area contributed by atoms with Gasteiger partial charge < -0.3 is 99.0 Å². The quantitative estimate of drug-likeness (QED) is 0.0652. The number of hydrogen-bond donors (Lipinski definition) is 11. The van der Waals surface area contributed by atoms with Gasteiger partial charge in [0.1, 0.15) is 78.7 Å². The lowest BCUT2D eigenvalue weighted by molar-refractivity contribution is -0.145. The zero-order valence-electron chi connectivity index (χ0n) is 74.4. The van der Waals surface area contributed by atoms with Gasteiger partial charge in [0.25, 0.3) is 0 Å². The summed E-state index contributed by atoms with van der Waals surface area (Å²) in [6.45, 7) is 29.6. The number of hydrogen-bond acceptors (Lipinski definition) is 34. The predicted molar refractivity (Wildman–Crippen MR) is 428 cm³/mol. The van der Waals surface area contributed by atoms with Crippen molar-refractivity contribution in [3.8, 4) is 6.07 Å². The first-order chi connectivity index (χ1) is 56.6. The van der Waals surface area contributed by atoms with Gasteiger partial charge in [0, 0.05) is 83.9 Å². The number of carbonyl (C=O) groups is 16. The van der Waals surface area contributed by atoms with Gasteiger partial charge in [0.2, 0.25) is 0 Å². The molecule has 123 heavy (non-hydrogen) atoms. The van der Waals surface area contributed by atoms with Crippen molar-refractivity contribution < 1.29 is 170 Å². The van der Waals surface area contributed by atoms with E-state index in [2.05, 4.69) is 14.8 Å². The molecular weight excluding hydrogens is 1630 g/mol. The molecule has 0 bridgehead atoms. The van der Waals surface area contributed by atoms with Crippen LogP contribution in [-0.4, -0.2) is 372 Å². The molecule has 0 saturated carbocycles. The Hall–Kier alpha value is -9.55. The maximum atomic E-state index is 12.1. The molecule has 7 fully saturated rings. The van der Waals surface area contributed by atoms with E-state index in [9.17, 15) is 76.7 Å². The lowest BCUT2D eigenvalue weighted by atomic mass is 10.0. The lowest BCUT2D eigenvalue weighted by Gasteiger charge is -2.27. The van der Waals surface area contributed by atoms with Crippen molar-refractivity contribution in [2.45, 2.75) is 245 Å². The molecule has 14 atom stereocenters. The van der Waals surface area contributed by atoms with E-state index in [-0.39, 0.29) is 107 Å². The van der Waals surface area contributed by atoms with E-state index in [1.807, 2.05) is 6.07 Å². The number of carboxylic acids is 3. The number of likely N-dealkylation sites (tertiary alicyclic amines) is 6. The standard InChI is InChI=1S/C13H21NO6.C12H18N2O4.C12H19NO6.2C12H21NO5.C11H19NO5.C8H13NO4/c1-13(2,3)20-12(18)14-6-8(11(17)19-4)5-9(14)10(16)7-15;1-12(2,3)18-11(17)14-6-8(5-13)4-9(14)10(16)7-15;1-12(2,3)19-11(18)13-5-7(10(16)17)4-8(13)9(15)6-14;1-12(2,3)18-11(16)13-6-8(7-17-4)5-9(13)10(14)15;1-12(2,3)18-11(17)13-5-8(6-14)4-9(13)10(16)7-15;1-11(2,3)17-10(16)12-5-7(6-13)4-8(12)9(14)15;1-13-8(12)5-2-6(9-3-5)7(11)4-10/h8-9,15H,5-7H2,1-4H3;8-9,15H,4,6-7H2,1-3H3;7-8,14H,4-6H2,1-3H3,(H,16,17);8-9H,5-7H2,1-4H3,(H,14,15);8-9,14-15H,4-7H2,1-3H3;7-8,13H,4-6H2,1-3H3,(H,14,15);5-6,9-10H,2-4H2,1H3/t8-,9-;8-,9+;7-,8-;2*8-,9-;7-,8-;5-,6-/m0100000/s1. The number of Topliss-reactive ketones (excluding diaryl/α,β-unsaturated/α-hetero) is 5. The number of nitrogens with zero attached hydrogens (tertiary/aromatic N) is 7. The summed E-state index contributed by atoms with van der Waals surface area (Å²) in [5.74, 6) is -8.48. The molecule has 7 heterocycles. The van der Waals surface area contributed by atoms with Crippen LogP contribution in [-0.2, 0) is 90.6 Å². The highest BCUT2D eigenvalue weighted by Gasteiger charge is 2.49. The number of aliphatic carboxylic acids is 3. The Bertz CT molecular complexity index is 3600. The van der Waals surface area contributed by atoms with Crippen LogP contribution in [0.3, 0.4) is 0 Å². The number of nitriles is 1. The molecular formula is C80H132N8O35. The van der Waals surface area contributed by atoms with E-state index < -0.39 is 210 Å². The van der Waals surface area contributed by atoms with Crippen LogP contribution in [0, 0.1) is 52.8 Å². The second-order valence-electron chi connectivity index (χ2n) is 36.0. The van der Waals surface area contributed by atoms with Gasteiger partial charge in [-0.15, -0.1) is 0 Å². The van der Waals surface area contributed by atoms with Crippen molar-refractivity contribution in [3.63, 3.8) is 0 Å². The van der Waals surface area contributed by atoms with Crippen molar-refractivity contribution >= 4 is 95.3 Å². The molecule has 43 heteroatoms. The van der Waals surface area contributed by atoms with Crippen molar-refractivity contribution in [1.29, 1.82) is 5.26 Å². The molecule has 0 aromatic rings.